The van der Waals surface area contributed by atoms with Gasteiger partial charge in [-0.3, -0.25) is 0 Å². The van der Waals surface area contributed by atoms with Crippen molar-refractivity contribution in [2.45, 2.75) is 0 Å². The third-order valence-electron chi connectivity index (χ3n) is 2.55. The topological polar surface area (TPSA) is 98.0 Å². The van der Waals surface area contributed by atoms with Gasteiger partial charge in [-0.1, -0.05) is 18.2 Å². The molecular weight excluding hydrogens is 236 g/mol. The van der Waals surface area contributed by atoms with E-state index in [9.17, 15) is 20.1 Å². The molecule has 0 heterocycles. The maximum absolute atomic E-state index is 10.9. The van der Waals surface area contributed by atoms with E-state index in [1.165, 1.54) is 36.4 Å². The van der Waals surface area contributed by atoms with Crippen molar-refractivity contribution in [3.63, 3.8) is 0 Å². The van der Waals surface area contributed by atoms with Crippen LogP contribution in [0.5, 0.6) is 17.2 Å². The van der Waals surface area contributed by atoms with Crippen molar-refractivity contribution in [1.82, 2.24) is 0 Å². The molecule has 0 aliphatic rings. The Balaban J connectivity index is 2.60. The minimum atomic E-state index is -1.24. The van der Waals surface area contributed by atoms with E-state index >= 15 is 0 Å². The molecule has 0 atom stereocenters. The van der Waals surface area contributed by atoms with Crippen molar-refractivity contribution in [2.24, 2.45) is 0 Å². The smallest absolute Gasteiger partial charge is 0.339 e. The molecule has 2 aromatic rings. The van der Waals surface area contributed by atoms with Crippen LogP contribution in [-0.4, -0.2) is 26.4 Å². The lowest BCUT2D eigenvalue weighted by molar-refractivity contribution is 0.0694. The van der Waals surface area contributed by atoms with Crippen molar-refractivity contribution in [3.05, 3.63) is 42.0 Å². The zero-order chi connectivity index (χ0) is 13.3. The number of carboxylic acid groups (broad SMARTS) is 1. The molecule has 2 rings (SSSR count). The number of aromatic hydroxyl groups is 3. The van der Waals surface area contributed by atoms with Crippen LogP contribution < -0.4 is 0 Å². The van der Waals surface area contributed by atoms with Crippen molar-refractivity contribution in [2.75, 3.05) is 0 Å². The first-order valence-corrected chi connectivity index (χ1v) is 5.08. The van der Waals surface area contributed by atoms with E-state index in [1.54, 1.807) is 0 Å². The molecule has 0 bridgehead atoms. The minimum Gasteiger partial charge on any atom is -0.506 e. The van der Waals surface area contributed by atoms with Gasteiger partial charge in [-0.25, -0.2) is 4.79 Å². The summed E-state index contributed by atoms with van der Waals surface area (Å²) < 4.78 is 0. The summed E-state index contributed by atoms with van der Waals surface area (Å²) in [5.74, 6) is -2.24. The Morgan fingerprint density at radius 2 is 1.67 bits per heavy atom. The fourth-order valence-electron chi connectivity index (χ4n) is 1.64. The van der Waals surface area contributed by atoms with Gasteiger partial charge in [0.15, 0.2) is 11.5 Å². The molecule has 18 heavy (non-hydrogen) atoms. The fraction of sp³-hybridized carbons (Fsp3) is 0. The Kier molecular flexibility index (Phi) is 2.81. The number of phenolic OH excluding ortho intramolecular Hbond substituents is 2. The highest BCUT2D eigenvalue weighted by Gasteiger charge is 2.14. The van der Waals surface area contributed by atoms with Gasteiger partial charge in [0.05, 0.1) is 0 Å². The summed E-state index contributed by atoms with van der Waals surface area (Å²) in [4.78, 5) is 10.9. The lowest BCUT2D eigenvalue weighted by Crippen LogP contribution is -1.97. The van der Waals surface area contributed by atoms with E-state index in [0.29, 0.717) is 5.56 Å². The number of hydrogen-bond acceptors (Lipinski definition) is 4. The van der Waals surface area contributed by atoms with Crippen molar-refractivity contribution >= 4 is 5.97 Å². The van der Waals surface area contributed by atoms with Crippen LogP contribution in [0.2, 0.25) is 0 Å². The van der Waals surface area contributed by atoms with Crippen LogP contribution in [0, 0.1) is 0 Å². The predicted octanol–water partition coefficient (Wildman–Crippen LogP) is 2.17. The number of carboxylic acids is 1. The van der Waals surface area contributed by atoms with E-state index in [2.05, 4.69) is 0 Å². The third-order valence-corrected chi connectivity index (χ3v) is 2.55. The molecule has 92 valence electrons. The largest absolute Gasteiger partial charge is 0.506 e. The van der Waals surface area contributed by atoms with Gasteiger partial charge in [-0.15, -0.1) is 0 Å². The van der Waals surface area contributed by atoms with Gasteiger partial charge >= 0.3 is 5.97 Å². The van der Waals surface area contributed by atoms with Crippen LogP contribution >= 0.6 is 0 Å². The van der Waals surface area contributed by atoms with Crippen molar-refractivity contribution in [3.8, 4) is 28.4 Å². The van der Waals surface area contributed by atoms with Crippen molar-refractivity contribution in [1.29, 1.82) is 0 Å². The van der Waals surface area contributed by atoms with Crippen molar-refractivity contribution < 1.29 is 25.2 Å². The molecule has 0 aromatic heterocycles. The molecule has 0 saturated carbocycles. The average Bonchev–Trinajstić information content (AvgIpc) is 2.33. The quantitative estimate of drug-likeness (QED) is 0.609. The minimum absolute atomic E-state index is 0.222. The second kappa shape index (κ2) is 4.29. The number of hydrogen-bond donors (Lipinski definition) is 4. The number of carbonyl (C=O) groups is 1. The van der Waals surface area contributed by atoms with E-state index in [-0.39, 0.29) is 28.4 Å². The lowest BCUT2D eigenvalue weighted by Gasteiger charge is -2.08. The van der Waals surface area contributed by atoms with E-state index in [4.69, 9.17) is 5.11 Å². The summed E-state index contributed by atoms with van der Waals surface area (Å²) in [6.07, 6.45) is 0. The summed E-state index contributed by atoms with van der Waals surface area (Å²) in [5.41, 5.74) is 0.455. The van der Waals surface area contributed by atoms with Crippen LogP contribution in [0.1, 0.15) is 10.4 Å². The maximum atomic E-state index is 10.9. The Morgan fingerprint density at radius 3 is 2.28 bits per heavy atom. The van der Waals surface area contributed by atoms with Gasteiger partial charge in [0.25, 0.3) is 0 Å². The highest BCUT2D eigenvalue weighted by molar-refractivity contribution is 5.94. The molecule has 0 aliphatic carbocycles. The molecule has 0 aliphatic heterocycles. The summed E-state index contributed by atoms with van der Waals surface area (Å²) in [5, 5.41) is 37.3. The van der Waals surface area contributed by atoms with Crippen LogP contribution in [0.25, 0.3) is 11.1 Å². The van der Waals surface area contributed by atoms with E-state index in [1.807, 2.05) is 0 Å². The number of benzene rings is 2. The van der Waals surface area contributed by atoms with Gasteiger partial charge in [0, 0.05) is 5.56 Å². The first-order valence-electron chi connectivity index (χ1n) is 5.08. The van der Waals surface area contributed by atoms with Gasteiger partial charge in [-0.05, 0) is 23.8 Å². The normalized spacial score (nSPS) is 10.2. The zero-order valence-electron chi connectivity index (χ0n) is 9.16. The van der Waals surface area contributed by atoms with Gasteiger partial charge in [0.1, 0.15) is 11.3 Å². The van der Waals surface area contributed by atoms with Gasteiger partial charge in [0.2, 0.25) is 0 Å². The van der Waals surface area contributed by atoms with E-state index in [0.717, 1.165) is 0 Å². The third kappa shape index (κ3) is 1.93. The monoisotopic (exact) mass is 246 g/mol. The first-order chi connectivity index (χ1) is 8.50. The molecule has 0 saturated heterocycles. The SMILES string of the molecule is O=C(O)c1cccc(-c2ccc(O)c(O)c2)c1O. The number of phenols is 3. The molecule has 0 fully saturated rings. The highest BCUT2D eigenvalue weighted by Crippen LogP contribution is 2.36. The molecule has 0 amide bonds. The summed E-state index contributed by atoms with van der Waals surface area (Å²) >= 11 is 0. The molecule has 0 unspecified atom stereocenters. The Bertz CT molecular complexity index is 619. The number of aromatic carboxylic acids is 1. The van der Waals surface area contributed by atoms with Gasteiger partial charge in [-0.2, -0.15) is 0 Å². The molecule has 2 aromatic carbocycles. The molecule has 0 spiro atoms. The summed E-state index contributed by atoms with van der Waals surface area (Å²) in [7, 11) is 0. The van der Waals surface area contributed by atoms with Crippen LogP contribution in [0.4, 0.5) is 0 Å². The Labute approximate surface area is 102 Å². The summed E-state index contributed by atoms with van der Waals surface area (Å²) in [6.45, 7) is 0. The maximum Gasteiger partial charge on any atom is 0.339 e. The molecule has 0 radical (unpaired) electrons. The van der Waals surface area contributed by atoms with Crippen LogP contribution in [0.3, 0.4) is 0 Å². The molecule has 5 nitrogen and oxygen atoms in total. The standard InChI is InChI=1S/C13H10O5/c14-10-5-4-7(6-11(10)15)8-2-1-3-9(12(8)16)13(17)18/h1-6,14-16H,(H,17,18). The highest BCUT2D eigenvalue weighted by atomic mass is 16.4. The molecule has 5 heteroatoms. The molecular formula is C13H10O5. The number of rotatable bonds is 2. The second-order valence-corrected chi connectivity index (χ2v) is 3.71. The first kappa shape index (κ1) is 11.8. The summed E-state index contributed by atoms with van der Waals surface area (Å²) in [6, 6.07) is 8.26. The second-order valence-electron chi connectivity index (χ2n) is 3.71. The molecule has 4 N–H and O–H groups in total. The van der Waals surface area contributed by atoms with Gasteiger partial charge < -0.3 is 20.4 Å². The Hall–Kier alpha value is -2.69. The fourth-order valence-corrected chi connectivity index (χ4v) is 1.64. The lowest BCUT2D eigenvalue weighted by atomic mass is 10.0. The van der Waals surface area contributed by atoms with E-state index < -0.39 is 5.97 Å². The zero-order valence-corrected chi connectivity index (χ0v) is 9.16. The average molecular weight is 246 g/mol. The van der Waals surface area contributed by atoms with Crippen LogP contribution in [0.15, 0.2) is 36.4 Å². The Morgan fingerprint density at radius 1 is 0.944 bits per heavy atom. The number of para-hydroxylation sites is 1. The predicted molar refractivity (Wildman–Crippen MR) is 63.8 cm³/mol. The van der Waals surface area contributed by atoms with Crippen LogP contribution in [-0.2, 0) is 0 Å².